The zero-order valence-electron chi connectivity index (χ0n) is 9.22. The van der Waals surface area contributed by atoms with Crippen LogP contribution in [-0.4, -0.2) is 17.2 Å². The summed E-state index contributed by atoms with van der Waals surface area (Å²) >= 11 is 0. The number of nitrogens with one attached hydrogen (secondary N) is 1. The van der Waals surface area contributed by atoms with Crippen LogP contribution >= 0.6 is 0 Å². The molecule has 3 nitrogen and oxygen atoms in total. The molecule has 90 valence electrons. The van der Waals surface area contributed by atoms with Crippen LogP contribution in [0.4, 0.5) is 8.78 Å². The molecule has 0 spiro atoms. The summed E-state index contributed by atoms with van der Waals surface area (Å²) in [6.07, 6.45) is 0.977. The number of Topliss-reactive ketones (excluding diaryl/α,β-unsaturated/α-hetero) is 1. The fourth-order valence-electron chi connectivity index (χ4n) is 1.80. The first-order valence-corrected chi connectivity index (χ1v) is 5.23. The van der Waals surface area contributed by atoms with Crippen molar-refractivity contribution in [2.24, 2.45) is 0 Å². The summed E-state index contributed by atoms with van der Waals surface area (Å²) < 4.78 is 26.1. The van der Waals surface area contributed by atoms with Gasteiger partial charge in [-0.25, -0.2) is 8.78 Å². The Kier molecular flexibility index (Phi) is 2.69. The Hall–Kier alpha value is -1.78. The van der Waals surface area contributed by atoms with Gasteiger partial charge in [0.05, 0.1) is 5.56 Å². The van der Waals surface area contributed by atoms with Crippen molar-refractivity contribution in [2.75, 3.05) is 0 Å². The molecule has 0 bridgehead atoms. The van der Waals surface area contributed by atoms with Crippen LogP contribution < -0.4 is 5.32 Å². The molecule has 0 unspecified atom stereocenters. The molecule has 17 heavy (non-hydrogen) atoms. The second kappa shape index (κ2) is 3.91. The van der Waals surface area contributed by atoms with Crippen LogP contribution in [-0.2, 0) is 4.79 Å². The quantitative estimate of drug-likeness (QED) is 0.818. The molecule has 0 radical (unpaired) electrons. The van der Waals surface area contributed by atoms with Crippen molar-refractivity contribution in [1.82, 2.24) is 5.32 Å². The fourth-order valence-corrected chi connectivity index (χ4v) is 1.80. The van der Waals surface area contributed by atoms with Crippen molar-refractivity contribution in [2.45, 2.75) is 25.3 Å². The third-order valence-corrected chi connectivity index (χ3v) is 2.78. The van der Waals surface area contributed by atoms with Gasteiger partial charge in [-0.3, -0.25) is 9.59 Å². The van der Waals surface area contributed by atoms with Gasteiger partial charge in [-0.15, -0.1) is 0 Å². The van der Waals surface area contributed by atoms with Gasteiger partial charge < -0.3 is 5.32 Å². The minimum atomic E-state index is -0.982. The highest BCUT2D eigenvalue weighted by Gasteiger charge is 2.51. The van der Waals surface area contributed by atoms with E-state index >= 15 is 0 Å². The van der Waals surface area contributed by atoms with Crippen molar-refractivity contribution in [1.29, 1.82) is 0 Å². The summed E-state index contributed by atoms with van der Waals surface area (Å²) in [5, 5.41) is 2.52. The SMILES string of the molecule is CC(=O)NC1(C(=O)c2ccc(F)cc2F)CC1. The van der Waals surface area contributed by atoms with E-state index in [4.69, 9.17) is 0 Å². The van der Waals surface area contributed by atoms with E-state index in [1.165, 1.54) is 6.92 Å². The monoisotopic (exact) mass is 239 g/mol. The molecule has 0 saturated heterocycles. The summed E-state index contributed by atoms with van der Waals surface area (Å²) in [7, 11) is 0. The van der Waals surface area contributed by atoms with E-state index in [1.807, 2.05) is 0 Å². The molecule has 0 heterocycles. The number of amides is 1. The third kappa shape index (κ3) is 2.18. The number of hydrogen-bond acceptors (Lipinski definition) is 2. The van der Waals surface area contributed by atoms with Gasteiger partial charge in [0.15, 0.2) is 5.78 Å². The normalized spacial score (nSPS) is 16.4. The Bertz CT molecular complexity index is 495. The van der Waals surface area contributed by atoms with Crippen molar-refractivity contribution < 1.29 is 18.4 Å². The molecule has 2 rings (SSSR count). The topological polar surface area (TPSA) is 46.2 Å². The molecule has 1 aliphatic rings. The van der Waals surface area contributed by atoms with E-state index in [0.717, 1.165) is 12.1 Å². The highest BCUT2D eigenvalue weighted by Crippen LogP contribution is 2.39. The lowest BCUT2D eigenvalue weighted by Gasteiger charge is -2.15. The van der Waals surface area contributed by atoms with Crippen LogP contribution in [0.25, 0.3) is 0 Å². The number of benzene rings is 1. The van der Waals surface area contributed by atoms with Gasteiger partial charge >= 0.3 is 0 Å². The minimum absolute atomic E-state index is 0.183. The van der Waals surface area contributed by atoms with Crippen LogP contribution in [0.3, 0.4) is 0 Å². The summed E-state index contributed by atoms with van der Waals surface area (Å²) in [6, 6.07) is 2.80. The smallest absolute Gasteiger partial charge is 0.217 e. The van der Waals surface area contributed by atoms with Crippen molar-refractivity contribution >= 4 is 11.7 Å². The Labute approximate surface area is 96.8 Å². The zero-order chi connectivity index (χ0) is 12.6. The molecule has 1 saturated carbocycles. The van der Waals surface area contributed by atoms with E-state index < -0.39 is 23.0 Å². The van der Waals surface area contributed by atoms with Crippen LogP contribution in [0.15, 0.2) is 18.2 Å². The van der Waals surface area contributed by atoms with E-state index in [2.05, 4.69) is 5.32 Å². The molecule has 1 aromatic rings. The highest BCUT2D eigenvalue weighted by molar-refractivity contribution is 6.07. The standard InChI is InChI=1S/C12H11F2NO2/c1-7(16)15-12(4-5-12)11(17)9-3-2-8(13)6-10(9)14/h2-3,6H,4-5H2,1H3,(H,15,16). The van der Waals surface area contributed by atoms with Gasteiger partial charge in [0.2, 0.25) is 5.91 Å². The summed E-state index contributed by atoms with van der Waals surface area (Å²) in [5.74, 6) is -2.46. The first-order valence-electron chi connectivity index (χ1n) is 5.23. The van der Waals surface area contributed by atoms with Crippen LogP contribution in [0, 0.1) is 11.6 Å². The average molecular weight is 239 g/mol. The van der Waals surface area contributed by atoms with Crippen molar-refractivity contribution in [3.8, 4) is 0 Å². The highest BCUT2D eigenvalue weighted by atomic mass is 19.1. The van der Waals surface area contributed by atoms with Crippen LogP contribution in [0.5, 0.6) is 0 Å². The molecule has 0 aliphatic heterocycles. The maximum atomic E-state index is 13.4. The van der Waals surface area contributed by atoms with Gasteiger partial charge in [-0.2, -0.15) is 0 Å². The van der Waals surface area contributed by atoms with Crippen molar-refractivity contribution in [3.05, 3.63) is 35.4 Å². The molecule has 1 amide bonds. The predicted octanol–water partition coefficient (Wildman–Crippen LogP) is 1.82. The van der Waals surface area contributed by atoms with E-state index in [1.54, 1.807) is 0 Å². The zero-order valence-corrected chi connectivity index (χ0v) is 9.22. The minimum Gasteiger partial charge on any atom is -0.343 e. The van der Waals surface area contributed by atoms with Crippen LogP contribution in [0.2, 0.25) is 0 Å². The number of halogens is 2. The molecule has 1 aromatic carbocycles. The van der Waals surface area contributed by atoms with Gasteiger partial charge in [0, 0.05) is 13.0 Å². The maximum absolute atomic E-state index is 13.4. The third-order valence-electron chi connectivity index (χ3n) is 2.78. The molecule has 5 heteroatoms. The lowest BCUT2D eigenvalue weighted by Crippen LogP contribution is -2.42. The summed E-state index contributed by atoms with van der Waals surface area (Å²) in [5.41, 5.74) is -1.16. The number of carbonyl (C=O) groups excluding carboxylic acids is 2. The van der Waals surface area contributed by atoms with Crippen molar-refractivity contribution in [3.63, 3.8) is 0 Å². The predicted molar refractivity (Wildman–Crippen MR) is 56.5 cm³/mol. The lowest BCUT2D eigenvalue weighted by molar-refractivity contribution is -0.119. The first kappa shape index (κ1) is 11.7. The number of rotatable bonds is 3. The molecule has 1 fully saturated rings. The number of carbonyl (C=O) groups is 2. The lowest BCUT2D eigenvalue weighted by atomic mass is 10.0. The number of hydrogen-bond donors (Lipinski definition) is 1. The molecule has 0 aromatic heterocycles. The Morgan fingerprint density at radius 1 is 1.29 bits per heavy atom. The van der Waals surface area contributed by atoms with Gasteiger partial charge in [-0.05, 0) is 25.0 Å². The molecular weight excluding hydrogens is 228 g/mol. The Balaban J connectivity index is 2.28. The van der Waals surface area contributed by atoms with Gasteiger partial charge in [0.25, 0.3) is 0 Å². The van der Waals surface area contributed by atoms with Gasteiger partial charge in [-0.1, -0.05) is 0 Å². The second-order valence-electron chi connectivity index (χ2n) is 4.22. The second-order valence-corrected chi connectivity index (χ2v) is 4.22. The first-order chi connectivity index (χ1) is 7.94. The maximum Gasteiger partial charge on any atom is 0.217 e. The largest absolute Gasteiger partial charge is 0.343 e. The molecule has 1 N–H and O–H groups in total. The summed E-state index contributed by atoms with van der Waals surface area (Å²) in [4.78, 5) is 23.0. The van der Waals surface area contributed by atoms with E-state index in [0.29, 0.717) is 18.9 Å². The van der Waals surface area contributed by atoms with Gasteiger partial charge in [0.1, 0.15) is 17.2 Å². The van der Waals surface area contributed by atoms with Crippen LogP contribution in [0.1, 0.15) is 30.1 Å². The van der Waals surface area contributed by atoms with E-state index in [9.17, 15) is 18.4 Å². The Morgan fingerprint density at radius 3 is 2.41 bits per heavy atom. The van der Waals surface area contributed by atoms with E-state index in [-0.39, 0.29) is 11.5 Å². The fraction of sp³-hybridized carbons (Fsp3) is 0.333. The Morgan fingerprint density at radius 2 is 1.94 bits per heavy atom. The molecule has 0 atom stereocenters. The molecule has 1 aliphatic carbocycles. The summed E-state index contributed by atoms with van der Waals surface area (Å²) in [6.45, 7) is 1.30. The number of ketones is 1. The molecular formula is C12H11F2NO2. The average Bonchev–Trinajstić information content (AvgIpc) is 2.97.